The van der Waals surface area contributed by atoms with E-state index in [9.17, 15) is 5.11 Å². The fourth-order valence-electron chi connectivity index (χ4n) is 2.55. The van der Waals surface area contributed by atoms with E-state index in [-0.39, 0.29) is 6.10 Å². The molecule has 0 radical (unpaired) electrons. The van der Waals surface area contributed by atoms with E-state index in [0.29, 0.717) is 11.8 Å². The number of hydrogen-bond donors (Lipinski definition) is 1. The molecule has 0 amide bonds. The highest BCUT2D eigenvalue weighted by Crippen LogP contribution is 2.19. The predicted octanol–water partition coefficient (Wildman–Crippen LogP) is 5.95. The Kier molecular flexibility index (Phi) is 12.9. The zero-order valence-corrected chi connectivity index (χ0v) is 14.0. The highest BCUT2D eigenvalue weighted by molar-refractivity contribution is 4.67. The summed E-state index contributed by atoms with van der Waals surface area (Å²) in [6.07, 6.45) is 14.6. The molecular formula is C18H38O. The molecule has 19 heavy (non-hydrogen) atoms. The van der Waals surface area contributed by atoms with Gasteiger partial charge in [0.25, 0.3) is 0 Å². The molecule has 0 heterocycles. The highest BCUT2D eigenvalue weighted by Gasteiger charge is 2.16. The molecule has 0 saturated carbocycles. The zero-order valence-electron chi connectivity index (χ0n) is 14.0. The van der Waals surface area contributed by atoms with E-state index in [2.05, 4.69) is 27.7 Å². The minimum absolute atomic E-state index is 0.0888. The molecule has 0 aliphatic rings. The van der Waals surface area contributed by atoms with Crippen molar-refractivity contribution in [3.8, 4) is 0 Å². The van der Waals surface area contributed by atoms with Gasteiger partial charge in [0, 0.05) is 0 Å². The van der Waals surface area contributed by atoms with Crippen molar-refractivity contribution in [2.75, 3.05) is 0 Å². The Bertz CT molecular complexity index is 177. The van der Waals surface area contributed by atoms with Crippen LogP contribution in [0.2, 0.25) is 0 Å². The smallest absolute Gasteiger partial charge is 0.0568 e. The van der Waals surface area contributed by atoms with Crippen molar-refractivity contribution < 1.29 is 5.11 Å². The topological polar surface area (TPSA) is 20.2 Å². The fourth-order valence-corrected chi connectivity index (χ4v) is 2.55. The van der Waals surface area contributed by atoms with Crippen LogP contribution < -0.4 is 0 Å². The number of aliphatic hydroxyl groups is 1. The second-order valence-electron chi connectivity index (χ2n) is 6.64. The highest BCUT2D eigenvalue weighted by atomic mass is 16.3. The molecule has 0 aromatic heterocycles. The molecule has 1 N–H and O–H groups in total. The van der Waals surface area contributed by atoms with Gasteiger partial charge in [0.15, 0.2) is 0 Å². The lowest BCUT2D eigenvalue weighted by molar-refractivity contribution is 0.0813. The SMILES string of the molecule is CCCCCCCCCCCCC(O)C(C)C(C)C. The largest absolute Gasteiger partial charge is 0.393 e. The number of hydrogen-bond acceptors (Lipinski definition) is 1. The summed E-state index contributed by atoms with van der Waals surface area (Å²) >= 11 is 0. The van der Waals surface area contributed by atoms with E-state index >= 15 is 0 Å². The lowest BCUT2D eigenvalue weighted by Crippen LogP contribution is -2.22. The molecule has 0 saturated heterocycles. The van der Waals surface area contributed by atoms with E-state index in [0.717, 1.165) is 6.42 Å². The summed E-state index contributed by atoms with van der Waals surface area (Å²) in [5.74, 6) is 1.04. The van der Waals surface area contributed by atoms with Gasteiger partial charge in [-0.1, -0.05) is 91.9 Å². The first kappa shape index (κ1) is 19.0. The Morgan fingerprint density at radius 2 is 1.11 bits per heavy atom. The molecule has 2 unspecified atom stereocenters. The van der Waals surface area contributed by atoms with Crippen molar-refractivity contribution >= 4 is 0 Å². The van der Waals surface area contributed by atoms with E-state index in [1.54, 1.807) is 0 Å². The van der Waals surface area contributed by atoms with Gasteiger partial charge in [-0.15, -0.1) is 0 Å². The second-order valence-corrected chi connectivity index (χ2v) is 6.64. The lowest BCUT2D eigenvalue weighted by atomic mass is 9.89. The third kappa shape index (κ3) is 11.5. The van der Waals surface area contributed by atoms with Crippen LogP contribution in [-0.2, 0) is 0 Å². The summed E-state index contributed by atoms with van der Waals surface area (Å²) < 4.78 is 0. The Labute approximate surface area is 122 Å². The third-order valence-corrected chi connectivity index (χ3v) is 4.51. The van der Waals surface area contributed by atoms with Crippen molar-refractivity contribution in [3.05, 3.63) is 0 Å². The molecule has 1 heteroatoms. The Hall–Kier alpha value is -0.0400. The van der Waals surface area contributed by atoms with Crippen LogP contribution in [0.25, 0.3) is 0 Å². The van der Waals surface area contributed by atoms with Crippen molar-refractivity contribution in [3.63, 3.8) is 0 Å². The average molecular weight is 271 g/mol. The van der Waals surface area contributed by atoms with Gasteiger partial charge in [-0.2, -0.15) is 0 Å². The molecule has 2 atom stereocenters. The first-order valence-corrected chi connectivity index (χ1v) is 8.77. The Morgan fingerprint density at radius 3 is 1.53 bits per heavy atom. The molecule has 0 aliphatic heterocycles. The molecule has 0 bridgehead atoms. The maximum Gasteiger partial charge on any atom is 0.0568 e. The van der Waals surface area contributed by atoms with Crippen LogP contribution in [0.5, 0.6) is 0 Å². The van der Waals surface area contributed by atoms with Gasteiger partial charge in [0.05, 0.1) is 6.10 Å². The van der Waals surface area contributed by atoms with Crippen LogP contribution in [0, 0.1) is 11.8 Å². The summed E-state index contributed by atoms with van der Waals surface area (Å²) in [6, 6.07) is 0. The monoisotopic (exact) mass is 270 g/mol. The Balaban J connectivity index is 3.22. The van der Waals surface area contributed by atoms with Gasteiger partial charge in [-0.3, -0.25) is 0 Å². The van der Waals surface area contributed by atoms with E-state index in [4.69, 9.17) is 0 Å². The molecule has 0 spiro atoms. The van der Waals surface area contributed by atoms with Gasteiger partial charge in [-0.25, -0.2) is 0 Å². The normalized spacial score (nSPS) is 14.8. The van der Waals surface area contributed by atoms with Crippen LogP contribution in [0.3, 0.4) is 0 Å². The number of aliphatic hydroxyl groups excluding tert-OH is 1. The minimum atomic E-state index is -0.0888. The molecule has 0 aromatic carbocycles. The van der Waals surface area contributed by atoms with Crippen LogP contribution in [0.4, 0.5) is 0 Å². The van der Waals surface area contributed by atoms with E-state index in [1.165, 1.54) is 64.2 Å². The van der Waals surface area contributed by atoms with Crippen molar-refractivity contribution in [1.29, 1.82) is 0 Å². The lowest BCUT2D eigenvalue weighted by Gasteiger charge is -2.22. The number of unbranched alkanes of at least 4 members (excludes halogenated alkanes) is 9. The van der Waals surface area contributed by atoms with Gasteiger partial charge < -0.3 is 5.11 Å². The minimum Gasteiger partial charge on any atom is -0.393 e. The molecule has 1 nitrogen and oxygen atoms in total. The summed E-state index contributed by atoms with van der Waals surface area (Å²) in [4.78, 5) is 0. The quantitative estimate of drug-likeness (QED) is 0.410. The van der Waals surface area contributed by atoms with E-state index < -0.39 is 0 Å². The summed E-state index contributed by atoms with van der Waals surface area (Å²) in [5, 5.41) is 10.0. The van der Waals surface area contributed by atoms with Crippen LogP contribution in [0.15, 0.2) is 0 Å². The first-order valence-electron chi connectivity index (χ1n) is 8.77. The Morgan fingerprint density at radius 1 is 0.684 bits per heavy atom. The van der Waals surface area contributed by atoms with Crippen molar-refractivity contribution in [1.82, 2.24) is 0 Å². The first-order chi connectivity index (χ1) is 9.09. The zero-order chi connectivity index (χ0) is 14.5. The van der Waals surface area contributed by atoms with Crippen LogP contribution >= 0.6 is 0 Å². The summed E-state index contributed by atoms with van der Waals surface area (Å²) in [5.41, 5.74) is 0. The van der Waals surface area contributed by atoms with Crippen LogP contribution in [0.1, 0.15) is 98.3 Å². The molecule has 0 aliphatic carbocycles. The van der Waals surface area contributed by atoms with Crippen molar-refractivity contribution in [2.45, 2.75) is 104 Å². The van der Waals surface area contributed by atoms with Crippen LogP contribution in [-0.4, -0.2) is 11.2 Å². The van der Waals surface area contributed by atoms with Gasteiger partial charge >= 0.3 is 0 Å². The van der Waals surface area contributed by atoms with Gasteiger partial charge in [0.2, 0.25) is 0 Å². The molecule has 0 fully saturated rings. The van der Waals surface area contributed by atoms with Gasteiger partial charge in [-0.05, 0) is 18.3 Å². The molecule has 0 rings (SSSR count). The van der Waals surface area contributed by atoms with Crippen molar-refractivity contribution in [2.24, 2.45) is 11.8 Å². The second kappa shape index (κ2) is 13.0. The standard InChI is InChI=1S/C18H38O/c1-5-6-7-8-9-10-11-12-13-14-15-18(19)17(4)16(2)3/h16-19H,5-15H2,1-4H3. The molecule has 116 valence electrons. The van der Waals surface area contributed by atoms with E-state index in [1.807, 2.05) is 0 Å². The predicted molar refractivity (Wildman–Crippen MR) is 86.5 cm³/mol. The summed E-state index contributed by atoms with van der Waals surface area (Å²) in [7, 11) is 0. The van der Waals surface area contributed by atoms with Gasteiger partial charge in [0.1, 0.15) is 0 Å². The fraction of sp³-hybridized carbons (Fsp3) is 1.00. The maximum absolute atomic E-state index is 10.0. The molecule has 0 aromatic rings. The summed E-state index contributed by atoms with van der Waals surface area (Å²) in [6.45, 7) is 8.85. The third-order valence-electron chi connectivity index (χ3n) is 4.51. The average Bonchev–Trinajstić information content (AvgIpc) is 2.39. The molecular weight excluding hydrogens is 232 g/mol. The number of rotatable bonds is 13. The maximum atomic E-state index is 10.0.